The van der Waals surface area contributed by atoms with Crippen molar-refractivity contribution in [1.29, 1.82) is 0 Å². The molecule has 1 heterocycles. The number of aromatic carboxylic acids is 1. The number of amides is 1. The topological polar surface area (TPSA) is 88.5 Å². The summed E-state index contributed by atoms with van der Waals surface area (Å²) in [5.41, 5.74) is 0.0995. The molecule has 1 amide bonds. The lowest BCUT2D eigenvalue weighted by atomic mass is 10.2. The van der Waals surface area contributed by atoms with Crippen molar-refractivity contribution in [2.45, 2.75) is 0 Å². The number of aromatic nitrogens is 1. The Hall–Kier alpha value is -2.41. The van der Waals surface area contributed by atoms with Crippen molar-refractivity contribution < 1.29 is 19.4 Å². The Labute approximate surface area is 128 Å². The van der Waals surface area contributed by atoms with E-state index in [2.05, 4.69) is 26.2 Å². The predicted octanol–water partition coefficient (Wildman–Crippen LogP) is 2.56. The molecule has 2 aromatic rings. The fourth-order valence-corrected chi connectivity index (χ4v) is 1.73. The maximum atomic E-state index is 11.7. The first-order chi connectivity index (χ1) is 10.0. The summed E-state index contributed by atoms with van der Waals surface area (Å²) in [5, 5.41) is 11.4. The minimum Gasteiger partial charge on any atom is -0.484 e. The number of pyridine rings is 1. The number of ether oxygens (including phenoxy) is 1. The number of rotatable bonds is 5. The van der Waals surface area contributed by atoms with Gasteiger partial charge in [-0.15, -0.1) is 0 Å². The molecule has 2 rings (SSSR count). The summed E-state index contributed by atoms with van der Waals surface area (Å²) < 4.78 is 6.05. The highest BCUT2D eigenvalue weighted by Gasteiger charge is 2.07. The van der Waals surface area contributed by atoms with E-state index in [-0.39, 0.29) is 18.1 Å². The first-order valence-corrected chi connectivity index (χ1v) is 6.71. The smallest absolute Gasteiger partial charge is 0.335 e. The number of halogens is 1. The maximum absolute atomic E-state index is 11.7. The average molecular weight is 351 g/mol. The van der Waals surface area contributed by atoms with Crippen LogP contribution in [0.4, 0.5) is 5.82 Å². The molecular formula is C14H11BrN2O4. The van der Waals surface area contributed by atoms with Gasteiger partial charge in [0.05, 0.1) is 5.56 Å². The fraction of sp³-hybridized carbons (Fsp3) is 0.0714. The second-order valence-corrected chi connectivity index (χ2v) is 4.95. The van der Waals surface area contributed by atoms with Crippen molar-refractivity contribution in [2.75, 3.05) is 11.9 Å². The van der Waals surface area contributed by atoms with E-state index in [0.29, 0.717) is 11.6 Å². The molecule has 0 radical (unpaired) electrons. The molecule has 0 bridgehead atoms. The molecule has 0 saturated carbocycles. The van der Waals surface area contributed by atoms with Gasteiger partial charge in [-0.2, -0.15) is 0 Å². The highest BCUT2D eigenvalue weighted by molar-refractivity contribution is 9.10. The van der Waals surface area contributed by atoms with Gasteiger partial charge in [0.2, 0.25) is 0 Å². The van der Waals surface area contributed by atoms with E-state index in [4.69, 9.17) is 9.84 Å². The maximum Gasteiger partial charge on any atom is 0.335 e. The molecular weight excluding hydrogens is 340 g/mol. The molecule has 108 valence electrons. The first-order valence-electron chi connectivity index (χ1n) is 5.92. The van der Waals surface area contributed by atoms with Crippen LogP contribution in [0.15, 0.2) is 47.1 Å². The van der Waals surface area contributed by atoms with Gasteiger partial charge in [0.15, 0.2) is 6.61 Å². The molecule has 1 aromatic carbocycles. The Morgan fingerprint density at radius 1 is 1.29 bits per heavy atom. The number of carboxylic acids is 1. The molecule has 6 nitrogen and oxygen atoms in total. The number of carbonyl (C=O) groups excluding carboxylic acids is 1. The second kappa shape index (κ2) is 6.85. The number of anilines is 1. The van der Waals surface area contributed by atoms with Gasteiger partial charge in [-0.05, 0) is 46.3 Å². The van der Waals surface area contributed by atoms with Crippen molar-refractivity contribution in [1.82, 2.24) is 4.98 Å². The quantitative estimate of drug-likeness (QED) is 0.864. The molecule has 0 atom stereocenters. The van der Waals surface area contributed by atoms with Crippen LogP contribution in [-0.4, -0.2) is 28.6 Å². The molecule has 0 aliphatic heterocycles. The average Bonchev–Trinajstić information content (AvgIpc) is 2.48. The lowest BCUT2D eigenvalue weighted by Gasteiger charge is -2.07. The lowest BCUT2D eigenvalue weighted by molar-refractivity contribution is -0.118. The zero-order chi connectivity index (χ0) is 15.2. The van der Waals surface area contributed by atoms with E-state index in [9.17, 15) is 9.59 Å². The van der Waals surface area contributed by atoms with Crippen molar-refractivity contribution in [3.8, 4) is 5.75 Å². The van der Waals surface area contributed by atoms with Crippen LogP contribution in [0.5, 0.6) is 5.75 Å². The first kappa shape index (κ1) is 15.0. The van der Waals surface area contributed by atoms with Crippen molar-refractivity contribution in [2.24, 2.45) is 0 Å². The standard InChI is InChI=1S/C14H11BrN2O4/c15-10-4-5-12(16-7-10)17-13(18)8-21-11-3-1-2-9(6-11)14(19)20/h1-7H,8H2,(H,19,20)(H,16,17,18). The van der Waals surface area contributed by atoms with E-state index in [0.717, 1.165) is 4.47 Å². The number of hydrogen-bond donors (Lipinski definition) is 2. The van der Waals surface area contributed by atoms with Crippen LogP contribution in [0.2, 0.25) is 0 Å². The second-order valence-electron chi connectivity index (χ2n) is 4.03. The van der Waals surface area contributed by atoms with Gasteiger partial charge in [-0.1, -0.05) is 6.07 Å². The van der Waals surface area contributed by atoms with E-state index < -0.39 is 5.97 Å². The highest BCUT2D eigenvalue weighted by Crippen LogP contribution is 2.14. The van der Waals surface area contributed by atoms with Gasteiger partial charge >= 0.3 is 5.97 Å². The number of nitrogens with zero attached hydrogens (tertiary/aromatic N) is 1. The minimum atomic E-state index is -1.05. The number of benzene rings is 1. The third-order valence-corrected chi connectivity index (χ3v) is 2.91. The molecule has 7 heteroatoms. The summed E-state index contributed by atoms with van der Waals surface area (Å²) in [6.45, 7) is -0.235. The summed E-state index contributed by atoms with van der Waals surface area (Å²) in [6, 6.07) is 9.33. The summed E-state index contributed by atoms with van der Waals surface area (Å²) in [6.07, 6.45) is 1.56. The van der Waals surface area contributed by atoms with Crippen LogP contribution in [0.3, 0.4) is 0 Å². The van der Waals surface area contributed by atoms with Gasteiger partial charge in [-0.25, -0.2) is 9.78 Å². The zero-order valence-electron chi connectivity index (χ0n) is 10.7. The molecule has 0 aliphatic carbocycles. The van der Waals surface area contributed by atoms with E-state index in [1.807, 2.05) is 0 Å². The monoisotopic (exact) mass is 350 g/mol. The molecule has 2 N–H and O–H groups in total. The molecule has 0 saturated heterocycles. The Balaban J connectivity index is 1.90. The number of carbonyl (C=O) groups is 2. The van der Waals surface area contributed by atoms with Gasteiger partial charge in [0, 0.05) is 10.7 Å². The van der Waals surface area contributed by atoms with Crippen LogP contribution in [0.25, 0.3) is 0 Å². The van der Waals surface area contributed by atoms with Crippen molar-refractivity contribution >= 4 is 33.6 Å². The Morgan fingerprint density at radius 2 is 2.10 bits per heavy atom. The van der Waals surface area contributed by atoms with Gasteiger partial charge < -0.3 is 15.2 Å². The third-order valence-electron chi connectivity index (χ3n) is 2.45. The van der Waals surface area contributed by atoms with Crippen LogP contribution in [0.1, 0.15) is 10.4 Å². The fourth-order valence-electron chi connectivity index (χ4n) is 1.50. The summed E-state index contributed by atoms with van der Waals surface area (Å²) in [7, 11) is 0. The van der Waals surface area contributed by atoms with E-state index in [1.54, 1.807) is 30.5 Å². The van der Waals surface area contributed by atoms with Crippen molar-refractivity contribution in [3.63, 3.8) is 0 Å². The predicted molar refractivity (Wildman–Crippen MR) is 79.5 cm³/mol. The van der Waals surface area contributed by atoms with Gasteiger partial charge in [0.25, 0.3) is 5.91 Å². The highest BCUT2D eigenvalue weighted by atomic mass is 79.9. The van der Waals surface area contributed by atoms with Gasteiger partial charge in [0.1, 0.15) is 11.6 Å². The summed E-state index contributed by atoms with van der Waals surface area (Å²) >= 11 is 3.24. The Bertz CT molecular complexity index is 658. The molecule has 0 spiro atoms. The van der Waals surface area contributed by atoms with Crippen LogP contribution in [0, 0.1) is 0 Å². The minimum absolute atomic E-state index is 0.0995. The van der Waals surface area contributed by atoms with E-state index in [1.165, 1.54) is 12.1 Å². The van der Waals surface area contributed by atoms with Crippen LogP contribution >= 0.6 is 15.9 Å². The SMILES string of the molecule is O=C(COc1cccc(C(=O)O)c1)Nc1ccc(Br)cn1. The number of nitrogens with one attached hydrogen (secondary N) is 1. The zero-order valence-corrected chi connectivity index (χ0v) is 12.3. The molecule has 21 heavy (non-hydrogen) atoms. The summed E-state index contributed by atoms with van der Waals surface area (Å²) in [5.74, 6) is -0.714. The molecule has 0 fully saturated rings. The summed E-state index contributed by atoms with van der Waals surface area (Å²) in [4.78, 5) is 26.5. The Morgan fingerprint density at radius 3 is 2.76 bits per heavy atom. The molecule has 0 unspecified atom stereocenters. The van der Waals surface area contributed by atoms with Gasteiger partial charge in [-0.3, -0.25) is 4.79 Å². The van der Waals surface area contributed by atoms with E-state index >= 15 is 0 Å². The van der Waals surface area contributed by atoms with Crippen molar-refractivity contribution in [3.05, 3.63) is 52.6 Å². The van der Waals surface area contributed by atoms with Crippen LogP contribution < -0.4 is 10.1 Å². The largest absolute Gasteiger partial charge is 0.484 e. The number of carboxylic acid groups (broad SMARTS) is 1. The lowest BCUT2D eigenvalue weighted by Crippen LogP contribution is -2.20. The van der Waals surface area contributed by atoms with Crippen LogP contribution in [-0.2, 0) is 4.79 Å². The third kappa shape index (κ3) is 4.57. The molecule has 0 aliphatic rings. The number of hydrogen-bond acceptors (Lipinski definition) is 4. The normalized spacial score (nSPS) is 9.95. The Kier molecular flexibility index (Phi) is 4.89. The molecule has 1 aromatic heterocycles.